The van der Waals surface area contributed by atoms with Gasteiger partial charge in [0, 0.05) is 19.3 Å². The molecule has 0 aliphatic carbocycles. The molecule has 5 heteroatoms. The molecule has 2 aromatic rings. The van der Waals surface area contributed by atoms with Crippen LogP contribution in [0.25, 0.3) is 0 Å². The van der Waals surface area contributed by atoms with Crippen molar-refractivity contribution >= 4 is 24.0 Å². The van der Waals surface area contributed by atoms with Crippen molar-refractivity contribution in [2.45, 2.75) is 12.8 Å². The predicted octanol–water partition coefficient (Wildman–Crippen LogP) is 3.16. The summed E-state index contributed by atoms with van der Waals surface area (Å²) < 4.78 is 5.62. The van der Waals surface area contributed by atoms with Crippen LogP contribution in [0.4, 0.5) is 5.69 Å². The van der Waals surface area contributed by atoms with Crippen molar-refractivity contribution in [3.63, 3.8) is 0 Å². The zero-order valence-corrected chi connectivity index (χ0v) is 14.1. The summed E-state index contributed by atoms with van der Waals surface area (Å²) in [6.45, 7) is 1.28. The second-order valence-electron chi connectivity index (χ2n) is 5.25. The number of nitrogens with zero attached hydrogens (tertiary/aromatic N) is 1. The van der Waals surface area contributed by atoms with Crippen LogP contribution in [0, 0.1) is 0 Å². The summed E-state index contributed by atoms with van der Waals surface area (Å²) in [5.74, 6) is 0.961. The lowest BCUT2D eigenvalue weighted by Crippen LogP contribution is -2.30. The number of nitrogens with two attached hydrogens (primary N) is 1. The molecule has 0 unspecified atom stereocenters. The highest BCUT2D eigenvalue weighted by Crippen LogP contribution is 2.09. The van der Waals surface area contributed by atoms with Gasteiger partial charge < -0.3 is 15.4 Å². The Bertz CT molecular complexity index is 588. The van der Waals surface area contributed by atoms with E-state index in [-0.39, 0.29) is 18.3 Å². The Balaban J connectivity index is 0.00000264. The van der Waals surface area contributed by atoms with Gasteiger partial charge in [-0.2, -0.15) is 0 Å². The van der Waals surface area contributed by atoms with Crippen molar-refractivity contribution in [2.24, 2.45) is 0 Å². The summed E-state index contributed by atoms with van der Waals surface area (Å²) in [6.07, 6.45) is 1.20. The highest BCUT2D eigenvalue weighted by Gasteiger charge is 2.09. The smallest absolute Gasteiger partial charge is 0.226 e. The van der Waals surface area contributed by atoms with Gasteiger partial charge >= 0.3 is 0 Å². The number of likely N-dealkylation sites (N-methyl/N-ethyl adjacent to an activating group) is 1. The van der Waals surface area contributed by atoms with Crippen LogP contribution < -0.4 is 10.5 Å². The molecular formula is C18H23ClN2O2. The molecule has 124 valence electrons. The van der Waals surface area contributed by atoms with E-state index in [0.29, 0.717) is 25.3 Å². The Hall–Kier alpha value is -2.20. The van der Waals surface area contributed by atoms with Crippen molar-refractivity contribution in [1.82, 2.24) is 4.90 Å². The van der Waals surface area contributed by atoms with E-state index in [0.717, 1.165) is 17.7 Å². The van der Waals surface area contributed by atoms with E-state index in [2.05, 4.69) is 0 Å². The van der Waals surface area contributed by atoms with E-state index in [4.69, 9.17) is 10.5 Å². The van der Waals surface area contributed by atoms with Gasteiger partial charge in [-0.15, -0.1) is 12.4 Å². The van der Waals surface area contributed by atoms with E-state index in [1.165, 1.54) is 0 Å². The average Bonchev–Trinajstić information content (AvgIpc) is 2.54. The quantitative estimate of drug-likeness (QED) is 0.625. The topological polar surface area (TPSA) is 55.6 Å². The fraction of sp³-hybridized carbons (Fsp3) is 0.278. The second kappa shape index (κ2) is 9.74. The number of anilines is 1. The van der Waals surface area contributed by atoms with Crippen molar-refractivity contribution < 1.29 is 9.53 Å². The molecule has 0 aliphatic heterocycles. The van der Waals surface area contributed by atoms with Gasteiger partial charge in [-0.3, -0.25) is 4.79 Å². The number of ether oxygens (including phenoxy) is 1. The number of benzene rings is 2. The first kappa shape index (κ1) is 18.8. The zero-order valence-electron chi connectivity index (χ0n) is 13.3. The van der Waals surface area contributed by atoms with E-state index in [9.17, 15) is 4.79 Å². The predicted molar refractivity (Wildman–Crippen MR) is 96.0 cm³/mol. The monoisotopic (exact) mass is 334 g/mol. The highest BCUT2D eigenvalue weighted by atomic mass is 35.5. The lowest BCUT2D eigenvalue weighted by Gasteiger charge is -2.17. The van der Waals surface area contributed by atoms with Gasteiger partial charge in [0.25, 0.3) is 0 Å². The fourth-order valence-corrected chi connectivity index (χ4v) is 2.08. The third-order valence-electron chi connectivity index (χ3n) is 3.41. The first-order valence-corrected chi connectivity index (χ1v) is 7.41. The van der Waals surface area contributed by atoms with Crippen molar-refractivity contribution in [3.05, 3.63) is 60.2 Å². The van der Waals surface area contributed by atoms with Crippen LogP contribution >= 0.6 is 12.4 Å². The number of para-hydroxylation sites is 1. The minimum atomic E-state index is 0. The Morgan fingerprint density at radius 3 is 2.39 bits per heavy atom. The number of carbonyl (C=O) groups is 1. The fourth-order valence-electron chi connectivity index (χ4n) is 2.08. The lowest BCUT2D eigenvalue weighted by molar-refractivity contribution is -0.129. The first-order chi connectivity index (χ1) is 10.6. The number of carbonyl (C=O) groups excluding carboxylic acids is 1. The molecule has 0 aliphatic rings. The van der Waals surface area contributed by atoms with E-state index >= 15 is 0 Å². The molecule has 0 atom stereocenters. The van der Waals surface area contributed by atoms with Crippen LogP contribution in [0.5, 0.6) is 5.75 Å². The Morgan fingerprint density at radius 1 is 1.09 bits per heavy atom. The maximum Gasteiger partial charge on any atom is 0.226 e. The molecule has 0 saturated carbocycles. The molecule has 2 rings (SSSR count). The number of rotatable bonds is 7. The maximum atomic E-state index is 12.1. The number of amides is 1. The van der Waals surface area contributed by atoms with Gasteiger partial charge in [-0.25, -0.2) is 0 Å². The molecule has 0 aromatic heterocycles. The third-order valence-corrected chi connectivity index (χ3v) is 3.41. The third kappa shape index (κ3) is 6.61. The molecule has 23 heavy (non-hydrogen) atoms. The molecule has 0 saturated heterocycles. The summed E-state index contributed by atoms with van der Waals surface area (Å²) in [5.41, 5.74) is 7.33. The molecule has 0 radical (unpaired) electrons. The van der Waals surface area contributed by atoms with E-state index in [1.54, 1.807) is 4.90 Å². The van der Waals surface area contributed by atoms with Crippen molar-refractivity contribution in [3.8, 4) is 5.75 Å². The molecule has 0 bridgehead atoms. The number of halogens is 1. The van der Waals surface area contributed by atoms with Crippen LogP contribution in [0.3, 0.4) is 0 Å². The molecular weight excluding hydrogens is 312 g/mol. The van der Waals surface area contributed by atoms with Crippen LogP contribution in [-0.2, 0) is 11.2 Å². The van der Waals surface area contributed by atoms with Crippen LogP contribution in [0.1, 0.15) is 12.0 Å². The van der Waals surface area contributed by atoms with Crippen molar-refractivity contribution in [1.29, 1.82) is 0 Å². The van der Waals surface area contributed by atoms with Gasteiger partial charge in [0.1, 0.15) is 5.75 Å². The number of nitrogen functional groups attached to an aromatic ring is 1. The Labute approximate surface area is 143 Å². The van der Waals surface area contributed by atoms with Gasteiger partial charge in [0.2, 0.25) is 5.91 Å². The highest BCUT2D eigenvalue weighted by molar-refractivity contribution is 5.85. The molecule has 2 aromatic carbocycles. The number of hydrogen-bond donors (Lipinski definition) is 1. The Morgan fingerprint density at radius 2 is 1.74 bits per heavy atom. The SMILES string of the molecule is CN(CCCOc1ccccc1)C(=O)Cc1ccc(N)cc1.Cl. The molecule has 0 fully saturated rings. The first-order valence-electron chi connectivity index (χ1n) is 7.41. The van der Waals surface area contributed by atoms with Crippen LogP contribution in [0.2, 0.25) is 0 Å². The molecule has 1 amide bonds. The van der Waals surface area contributed by atoms with Gasteiger partial charge in [0.15, 0.2) is 0 Å². The van der Waals surface area contributed by atoms with Crippen LogP contribution in [-0.4, -0.2) is 31.0 Å². The minimum absolute atomic E-state index is 0. The average molecular weight is 335 g/mol. The summed E-state index contributed by atoms with van der Waals surface area (Å²) in [4.78, 5) is 13.9. The van der Waals surface area contributed by atoms with Crippen molar-refractivity contribution in [2.75, 3.05) is 25.9 Å². The van der Waals surface area contributed by atoms with Gasteiger partial charge in [-0.05, 0) is 36.2 Å². The Kier molecular flexibility index (Phi) is 7.98. The van der Waals surface area contributed by atoms with E-state index in [1.807, 2.05) is 61.6 Å². The number of hydrogen-bond acceptors (Lipinski definition) is 3. The standard InChI is InChI=1S/C18H22N2O2.ClH/c1-20(12-5-13-22-17-6-3-2-4-7-17)18(21)14-15-8-10-16(19)11-9-15;/h2-4,6-11H,5,12-14,19H2,1H3;1H. The molecule has 4 nitrogen and oxygen atoms in total. The molecule has 2 N–H and O–H groups in total. The molecule has 0 spiro atoms. The summed E-state index contributed by atoms with van der Waals surface area (Å²) in [5, 5.41) is 0. The van der Waals surface area contributed by atoms with E-state index < -0.39 is 0 Å². The summed E-state index contributed by atoms with van der Waals surface area (Å²) >= 11 is 0. The van der Waals surface area contributed by atoms with Gasteiger partial charge in [-0.1, -0.05) is 30.3 Å². The van der Waals surface area contributed by atoms with Crippen LogP contribution in [0.15, 0.2) is 54.6 Å². The summed E-state index contributed by atoms with van der Waals surface area (Å²) in [6, 6.07) is 17.1. The zero-order chi connectivity index (χ0) is 15.8. The summed E-state index contributed by atoms with van der Waals surface area (Å²) in [7, 11) is 1.82. The largest absolute Gasteiger partial charge is 0.494 e. The van der Waals surface area contributed by atoms with Gasteiger partial charge in [0.05, 0.1) is 13.0 Å². The maximum absolute atomic E-state index is 12.1. The second-order valence-corrected chi connectivity index (χ2v) is 5.25. The molecule has 0 heterocycles. The normalized spacial score (nSPS) is 9.78. The lowest BCUT2D eigenvalue weighted by atomic mass is 10.1. The minimum Gasteiger partial charge on any atom is -0.494 e.